The third-order valence-electron chi connectivity index (χ3n) is 6.21. The van der Waals surface area contributed by atoms with Crippen LogP contribution >= 0.6 is 11.6 Å². The molecule has 4 fully saturated rings. The van der Waals surface area contributed by atoms with Gasteiger partial charge in [0.1, 0.15) is 0 Å². The zero-order valence-corrected chi connectivity index (χ0v) is 14.2. The molecule has 0 spiro atoms. The average molecular weight is 318 g/mol. The lowest BCUT2D eigenvalue weighted by Crippen LogP contribution is -2.58. The Balaban J connectivity index is 1.61. The molecular weight excluding hydrogens is 294 g/mol. The van der Waals surface area contributed by atoms with Gasteiger partial charge in [-0.05, 0) is 79.5 Å². The first kappa shape index (κ1) is 14.6. The quantitative estimate of drug-likeness (QED) is 0.790. The molecule has 0 aliphatic heterocycles. The van der Waals surface area contributed by atoms with E-state index in [0.29, 0.717) is 15.9 Å². The molecule has 0 heterocycles. The Labute approximate surface area is 137 Å². The summed E-state index contributed by atoms with van der Waals surface area (Å²) >= 11 is 5.93. The Bertz CT molecular complexity index is 605. The number of amides is 1. The van der Waals surface area contributed by atoms with Crippen LogP contribution < -0.4 is 5.32 Å². The minimum absolute atomic E-state index is 0.150. The second-order valence-corrected chi connectivity index (χ2v) is 9.31. The van der Waals surface area contributed by atoms with Crippen LogP contribution in [0.25, 0.3) is 0 Å². The van der Waals surface area contributed by atoms with Crippen LogP contribution in [-0.2, 0) is 4.79 Å². The van der Waals surface area contributed by atoms with E-state index in [2.05, 4.69) is 19.2 Å². The van der Waals surface area contributed by atoms with Crippen molar-refractivity contribution >= 4 is 23.2 Å². The first-order valence-corrected chi connectivity index (χ1v) is 8.75. The van der Waals surface area contributed by atoms with Crippen molar-refractivity contribution in [2.24, 2.45) is 22.2 Å². The second kappa shape index (κ2) is 4.50. The Morgan fingerprint density at radius 3 is 2.18 bits per heavy atom. The molecule has 0 aromatic heterocycles. The van der Waals surface area contributed by atoms with E-state index in [9.17, 15) is 4.79 Å². The largest absolute Gasteiger partial charge is 0.326 e. The normalized spacial score (nSPS) is 42.4. The number of carbonyl (C=O) groups is 1. The maximum atomic E-state index is 13.1. The highest BCUT2D eigenvalue weighted by molar-refractivity contribution is 6.30. The highest BCUT2D eigenvalue weighted by Gasteiger charge is 2.62. The van der Waals surface area contributed by atoms with E-state index >= 15 is 0 Å². The van der Waals surface area contributed by atoms with Crippen molar-refractivity contribution < 1.29 is 4.79 Å². The Morgan fingerprint density at radius 1 is 1.05 bits per heavy atom. The van der Waals surface area contributed by atoms with Gasteiger partial charge in [-0.15, -0.1) is 0 Å². The van der Waals surface area contributed by atoms with Gasteiger partial charge in [0.25, 0.3) is 0 Å². The number of hydrogen-bond acceptors (Lipinski definition) is 1. The van der Waals surface area contributed by atoms with Crippen molar-refractivity contribution in [2.45, 2.75) is 52.4 Å². The van der Waals surface area contributed by atoms with Gasteiger partial charge in [0.2, 0.25) is 5.91 Å². The van der Waals surface area contributed by atoms with Crippen molar-refractivity contribution in [3.63, 3.8) is 0 Å². The first-order valence-electron chi connectivity index (χ1n) is 8.37. The first-order chi connectivity index (χ1) is 10.3. The molecule has 4 saturated carbocycles. The van der Waals surface area contributed by atoms with Crippen molar-refractivity contribution in [3.05, 3.63) is 29.3 Å². The monoisotopic (exact) mass is 317 g/mol. The molecule has 4 aliphatic rings. The van der Waals surface area contributed by atoms with E-state index < -0.39 is 0 Å². The van der Waals surface area contributed by atoms with Crippen molar-refractivity contribution in [1.29, 1.82) is 0 Å². The maximum Gasteiger partial charge on any atom is 0.230 e. The van der Waals surface area contributed by atoms with Crippen molar-refractivity contribution in [2.75, 3.05) is 5.32 Å². The maximum absolute atomic E-state index is 13.1. The molecular formula is C19H24ClNO. The molecule has 1 amide bonds. The average Bonchev–Trinajstić information content (AvgIpc) is 2.37. The van der Waals surface area contributed by atoms with Gasteiger partial charge < -0.3 is 5.32 Å². The van der Waals surface area contributed by atoms with Gasteiger partial charge in [-0.3, -0.25) is 4.79 Å². The van der Waals surface area contributed by atoms with Crippen molar-refractivity contribution in [1.82, 2.24) is 0 Å². The van der Waals surface area contributed by atoms with E-state index in [-0.39, 0.29) is 11.3 Å². The topological polar surface area (TPSA) is 29.1 Å². The molecule has 2 nitrogen and oxygen atoms in total. The third kappa shape index (κ3) is 2.27. The number of nitrogens with one attached hydrogen (secondary N) is 1. The standard InChI is InChI=1S/C19H24ClNO/c1-17-7-13-8-18(2,10-17)12-19(9-13,11-17)16(22)21-15-5-3-14(20)4-6-15/h3-6,13H,7-12H2,1-2H3,(H,21,22). The summed E-state index contributed by atoms with van der Waals surface area (Å²) in [5.74, 6) is 0.971. The Hall–Kier alpha value is -1.02. The van der Waals surface area contributed by atoms with Crippen LogP contribution in [0.15, 0.2) is 24.3 Å². The van der Waals surface area contributed by atoms with E-state index in [0.717, 1.165) is 30.9 Å². The molecule has 22 heavy (non-hydrogen) atoms. The summed E-state index contributed by atoms with van der Waals surface area (Å²) in [6.07, 6.45) is 7.14. The molecule has 2 atom stereocenters. The lowest BCUT2D eigenvalue weighted by molar-refractivity contribution is -0.165. The van der Waals surface area contributed by atoms with Gasteiger partial charge in [-0.1, -0.05) is 25.4 Å². The second-order valence-electron chi connectivity index (χ2n) is 8.87. The van der Waals surface area contributed by atoms with Gasteiger partial charge >= 0.3 is 0 Å². The lowest BCUT2D eigenvalue weighted by Gasteiger charge is -2.64. The molecule has 5 rings (SSSR count). The predicted molar refractivity (Wildman–Crippen MR) is 89.9 cm³/mol. The summed E-state index contributed by atoms with van der Waals surface area (Å²) in [5.41, 5.74) is 1.44. The number of anilines is 1. The molecule has 1 aromatic carbocycles. The smallest absolute Gasteiger partial charge is 0.230 e. The summed E-state index contributed by atoms with van der Waals surface area (Å²) in [7, 11) is 0. The summed E-state index contributed by atoms with van der Waals surface area (Å²) < 4.78 is 0. The SMILES string of the molecule is CC12CC3CC(C)(C1)CC(C(=O)Nc1ccc(Cl)cc1)(C3)C2. The predicted octanol–water partition coefficient (Wildman–Crippen LogP) is 5.28. The summed E-state index contributed by atoms with van der Waals surface area (Å²) in [4.78, 5) is 13.1. The van der Waals surface area contributed by atoms with E-state index in [1.165, 1.54) is 19.3 Å². The highest BCUT2D eigenvalue weighted by Crippen LogP contribution is 2.69. The molecule has 1 N–H and O–H groups in total. The zero-order chi connectivity index (χ0) is 15.6. The summed E-state index contributed by atoms with van der Waals surface area (Å²) in [6.45, 7) is 4.81. The van der Waals surface area contributed by atoms with Crippen LogP contribution in [0.3, 0.4) is 0 Å². The van der Waals surface area contributed by atoms with Gasteiger partial charge in [0, 0.05) is 10.7 Å². The lowest BCUT2D eigenvalue weighted by atomic mass is 9.40. The number of hydrogen-bond donors (Lipinski definition) is 1. The van der Waals surface area contributed by atoms with E-state index in [1.54, 1.807) is 0 Å². The number of halogens is 1. The molecule has 0 radical (unpaired) electrons. The fraction of sp³-hybridized carbons (Fsp3) is 0.632. The van der Waals surface area contributed by atoms with Crippen molar-refractivity contribution in [3.8, 4) is 0 Å². The number of benzene rings is 1. The van der Waals surface area contributed by atoms with Crippen LogP contribution in [0.1, 0.15) is 52.4 Å². The van der Waals surface area contributed by atoms with Gasteiger partial charge in [0.05, 0.1) is 5.41 Å². The highest BCUT2D eigenvalue weighted by atomic mass is 35.5. The fourth-order valence-electron chi connectivity index (χ4n) is 6.50. The molecule has 4 aliphatic carbocycles. The molecule has 4 bridgehead atoms. The number of carbonyl (C=O) groups excluding carboxylic acids is 1. The molecule has 118 valence electrons. The molecule has 2 unspecified atom stereocenters. The Kier molecular flexibility index (Phi) is 2.98. The van der Waals surface area contributed by atoms with Crippen LogP contribution in [0.2, 0.25) is 5.02 Å². The van der Waals surface area contributed by atoms with Gasteiger partial charge in [0.15, 0.2) is 0 Å². The summed E-state index contributed by atoms with van der Waals surface area (Å²) in [6, 6.07) is 7.45. The van der Waals surface area contributed by atoms with Crippen LogP contribution in [-0.4, -0.2) is 5.91 Å². The minimum atomic E-state index is -0.150. The number of rotatable bonds is 2. The summed E-state index contributed by atoms with van der Waals surface area (Å²) in [5, 5.41) is 3.86. The Morgan fingerprint density at radius 2 is 1.64 bits per heavy atom. The van der Waals surface area contributed by atoms with Gasteiger partial charge in [-0.2, -0.15) is 0 Å². The molecule has 1 aromatic rings. The van der Waals surface area contributed by atoms with Crippen LogP contribution in [0.5, 0.6) is 0 Å². The van der Waals surface area contributed by atoms with Crippen LogP contribution in [0.4, 0.5) is 5.69 Å². The fourth-order valence-corrected chi connectivity index (χ4v) is 6.62. The zero-order valence-electron chi connectivity index (χ0n) is 13.4. The molecule has 0 saturated heterocycles. The van der Waals surface area contributed by atoms with Gasteiger partial charge in [-0.25, -0.2) is 0 Å². The minimum Gasteiger partial charge on any atom is -0.326 e. The van der Waals surface area contributed by atoms with E-state index in [4.69, 9.17) is 11.6 Å². The van der Waals surface area contributed by atoms with E-state index in [1.807, 2.05) is 24.3 Å². The molecule has 3 heteroatoms. The van der Waals surface area contributed by atoms with Crippen LogP contribution in [0, 0.1) is 22.2 Å². The third-order valence-corrected chi connectivity index (χ3v) is 6.46.